The molecule has 0 aromatic heterocycles. The zero-order valence-electron chi connectivity index (χ0n) is 12.6. The van der Waals surface area contributed by atoms with Gasteiger partial charge in [-0.25, -0.2) is 0 Å². The molecule has 0 radical (unpaired) electrons. The van der Waals surface area contributed by atoms with Crippen LogP contribution in [0.5, 0.6) is 5.75 Å². The van der Waals surface area contributed by atoms with Crippen LogP contribution < -0.4 is 4.74 Å². The molecule has 0 saturated carbocycles. The summed E-state index contributed by atoms with van der Waals surface area (Å²) in [5.74, 6) is 0.662. The third-order valence-electron chi connectivity index (χ3n) is 3.76. The standard InChI is InChI=1S/C16H16BrNO3S2/c1-20-13-5-4-11(17)7-10(13)8-14-15(19)18(16(22)23-14)9-12-3-2-6-21-12/h4-5,7-8,12H,2-3,6,9H2,1H3/b14-8-/t12-/m1/s1. The molecule has 0 N–H and O–H groups in total. The first kappa shape index (κ1) is 17.0. The Labute approximate surface area is 153 Å². The van der Waals surface area contributed by atoms with Gasteiger partial charge in [0.25, 0.3) is 5.91 Å². The Morgan fingerprint density at radius 1 is 1.57 bits per heavy atom. The van der Waals surface area contributed by atoms with E-state index in [1.165, 1.54) is 11.8 Å². The molecule has 1 aromatic carbocycles. The predicted octanol–water partition coefficient (Wildman–Crippen LogP) is 3.84. The number of hydrogen-bond acceptors (Lipinski definition) is 5. The molecule has 2 fully saturated rings. The number of nitrogens with zero attached hydrogens (tertiary/aromatic N) is 1. The van der Waals surface area contributed by atoms with Crippen molar-refractivity contribution in [1.82, 2.24) is 4.90 Å². The number of ether oxygens (including phenoxy) is 2. The highest BCUT2D eigenvalue weighted by atomic mass is 79.9. The fourth-order valence-electron chi connectivity index (χ4n) is 2.61. The number of amides is 1. The minimum atomic E-state index is -0.0578. The van der Waals surface area contributed by atoms with Crippen LogP contribution in [0.15, 0.2) is 27.6 Å². The van der Waals surface area contributed by atoms with Crippen molar-refractivity contribution in [3.05, 3.63) is 33.1 Å². The lowest BCUT2D eigenvalue weighted by Gasteiger charge is -2.18. The van der Waals surface area contributed by atoms with E-state index in [1.807, 2.05) is 24.3 Å². The SMILES string of the molecule is COc1ccc(Br)cc1/C=C1\SC(=S)N(C[C@H]2CCCO2)C1=O. The van der Waals surface area contributed by atoms with Crippen molar-refractivity contribution in [2.75, 3.05) is 20.3 Å². The molecule has 3 rings (SSSR count). The Hall–Kier alpha value is -0.890. The van der Waals surface area contributed by atoms with Gasteiger partial charge in [0.1, 0.15) is 10.1 Å². The molecule has 1 aromatic rings. The van der Waals surface area contributed by atoms with Crippen molar-refractivity contribution in [2.45, 2.75) is 18.9 Å². The van der Waals surface area contributed by atoms with Crippen LogP contribution >= 0.6 is 39.9 Å². The summed E-state index contributed by atoms with van der Waals surface area (Å²) in [6.07, 6.45) is 3.95. The molecule has 1 atom stereocenters. The van der Waals surface area contributed by atoms with Crippen LogP contribution in [0.25, 0.3) is 6.08 Å². The third kappa shape index (κ3) is 3.79. The summed E-state index contributed by atoms with van der Waals surface area (Å²) < 4.78 is 12.5. The average molecular weight is 414 g/mol. The van der Waals surface area contributed by atoms with Gasteiger partial charge < -0.3 is 9.47 Å². The molecular formula is C16H16BrNO3S2. The summed E-state index contributed by atoms with van der Waals surface area (Å²) in [4.78, 5) is 14.9. The molecule has 0 aliphatic carbocycles. The van der Waals surface area contributed by atoms with Gasteiger partial charge >= 0.3 is 0 Å². The van der Waals surface area contributed by atoms with Crippen LogP contribution in [-0.4, -0.2) is 41.5 Å². The van der Waals surface area contributed by atoms with Crippen LogP contribution in [-0.2, 0) is 9.53 Å². The number of thiocarbonyl (C=S) groups is 1. The van der Waals surface area contributed by atoms with Crippen LogP contribution in [0.2, 0.25) is 0 Å². The molecule has 2 saturated heterocycles. The molecule has 2 heterocycles. The Balaban J connectivity index is 1.82. The second-order valence-corrected chi connectivity index (χ2v) is 7.91. The molecule has 2 aliphatic heterocycles. The van der Waals surface area contributed by atoms with Crippen molar-refractivity contribution < 1.29 is 14.3 Å². The number of halogens is 1. The highest BCUT2D eigenvalue weighted by molar-refractivity contribution is 9.10. The lowest BCUT2D eigenvalue weighted by molar-refractivity contribution is -0.123. The maximum Gasteiger partial charge on any atom is 0.266 e. The minimum Gasteiger partial charge on any atom is -0.496 e. The van der Waals surface area contributed by atoms with Gasteiger partial charge in [-0.3, -0.25) is 9.69 Å². The van der Waals surface area contributed by atoms with Gasteiger partial charge in [0, 0.05) is 16.6 Å². The van der Waals surface area contributed by atoms with Gasteiger partial charge in [-0.15, -0.1) is 0 Å². The molecule has 0 spiro atoms. The molecule has 0 unspecified atom stereocenters. The first-order chi connectivity index (χ1) is 11.1. The summed E-state index contributed by atoms with van der Waals surface area (Å²) in [5.41, 5.74) is 0.847. The van der Waals surface area contributed by atoms with Gasteiger partial charge in [-0.1, -0.05) is 39.9 Å². The molecule has 2 aliphatic rings. The molecule has 23 heavy (non-hydrogen) atoms. The number of carbonyl (C=O) groups is 1. The normalized spacial score (nSPS) is 23.1. The summed E-state index contributed by atoms with van der Waals surface area (Å²) in [5, 5.41) is 0. The number of thioether (sulfide) groups is 1. The minimum absolute atomic E-state index is 0.0578. The van der Waals surface area contributed by atoms with Crippen molar-refractivity contribution in [3.8, 4) is 5.75 Å². The van der Waals surface area contributed by atoms with Crippen LogP contribution in [0, 0.1) is 0 Å². The Bertz CT molecular complexity index is 671. The highest BCUT2D eigenvalue weighted by Crippen LogP contribution is 2.35. The second kappa shape index (κ2) is 7.34. The number of carbonyl (C=O) groups excluding carboxylic acids is 1. The van der Waals surface area contributed by atoms with E-state index in [9.17, 15) is 4.79 Å². The molecule has 1 amide bonds. The van der Waals surface area contributed by atoms with E-state index in [0.717, 1.165) is 35.2 Å². The van der Waals surface area contributed by atoms with E-state index in [1.54, 1.807) is 12.0 Å². The topological polar surface area (TPSA) is 38.8 Å². The quantitative estimate of drug-likeness (QED) is 0.553. The van der Waals surface area contributed by atoms with Gasteiger partial charge in [0.15, 0.2) is 0 Å². The van der Waals surface area contributed by atoms with Gasteiger partial charge in [-0.2, -0.15) is 0 Å². The summed E-state index contributed by atoms with van der Waals surface area (Å²) in [7, 11) is 1.61. The molecule has 4 nitrogen and oxygen atoms in total. The lowest BCUT2D eigenvalue weighted by atomic mass is 10.2. The molecular weight excluding hydrogens is 398 g/mol. The van der Waals surface area contributed by atoms with E-state index in [4.69, 9.17) is 21.7 Å². The number of methoxy groups -OCH3 is 1. The fraction of sp³-hybridized carbons (Fsp3) is 0.375. The second-order valence-electron chi connectivity index (χ2n) is 5.31. The van der Waals surface area contributed by atoms with E-state index >= 15 is 0 Å². The highest BCUT2D eigenvalue weighted by Gasteiger charge is 2.34. The first-order valence-electron chi connectivity index (χ1n) is 7.29. The zero-order chi connectivity index (χ0) is 16.4. The summed E-state index contributed by atoms with van der Waals surface area (Å²) in [6.45, 7) is 1.31. The van der Waals surface area contributed by atoms with Crippen LogP contribution in [0.1, 0.15) is 18.4 Å². The van der Waals surface area contributed by atoms with Crippen molar-refractivity contribution >= 4 is 56.2 Å². The molecule has 0 bridgehead atoms. The van der Waals surface area contributed by atoms with Crippen molar-refractivity contribution in [1.29, 1.82) is 0 Å². The van der Waals surface area contributed by atoms with E-state index < -0.39 is 0 Å². The number of hydrogen-bond donors (Lipinski definition) is 0. The van der Waals surface area contributed by atoms with Crippen molar-refractivity contribution in [2.24, 2.45) is 0 Å². The lowest BCUT2D eigenvalue weighted by Crippen LogP contribution is -2.35. The van der Waals surface area contributed by atoms with Crippen molar-refractivity contribution in [3.63, 3.8) is 0 Å². The van der Waals surface area contributed by atoms with Crippen LogP contribution in [0.3, 0.4) is 0 Å². The molecule has 122 valence electrons. The maximum atomic E-state index is 12.6. The number of benzene rings is 1. The first-order valence-corrected chi connectivity index (χ1v) is 9.31. The predicted molar refractivity (Wildman–Crippen MR) is 99.5 cm³/mol. The number of rotatable bonds is 4. The van der Waals surface area contributed by atoms with Crippen LogP contribution in [0.4, 0.5) is 0 Å². The zero-order valence-corrected chi connectivity index (χ0v) is 15.8. The summed E-state index contributed by atoms with van der Waals surface area (Å²) in [6, 6.07) is 5.69. The van der Waals surface area contributed by atoms with Gasteiger partial charge in [-0.05, 0) is 37.1 Å². The van der Waals surface area contributed by atoms with E-state index in [0.29, 0.717) is 15.8 Å². The Morgan fingerprint density at radius 3 is 3.09 bits per heavy atom. The fourth-order valence-corrected chi connectivity index (χ4v) is 4.25. The summed E-state index contributed by atoms with van der Waals surface area (Å²) >= 11 is 10.1. The average Bonchev–Trinajstić information content (AvgIpc) is 3.12. The van der Waals surface area contributed by atoms with Gasteiger partial charge in [0.2, 0.25) is 0 Å². The van der Waals surface area contributed by atoms with E-state index in [2.05, 4.69) is 15.9 Å². The smallest absolute Gasteiger partial charge is 0.266 e. The maximum absolute atomic E-state index is 12.6. The Morgan fingerprint density at radius 2 is 2.39 bits per heavy atom. The van der Waals surface area contributed by atoms with E-state index in [-0.39, 0.29) is 12.0 Å². The Kier molecular flexibility index (Phi) is 5.41. The monoisotopic (exact) mass is 413 g/mol. The van der Waals surface area contributed by atoms with Gasteiger partial charge in [0.05, 0.1) is 24.7 Å². The third-order valence-corrected chi connectivity index (χ3v) is 5.63. The largest absolute Gasteiger partial charge is 0.496 e. The molecule has 7 heteroatoms.